The molecule has 0 heterocycles. The van der Waals surface area contributed by atoms with E-state index in [0.29, 0.717) is 11.8 Å². The molecule has 0 radical (unpaired) electrons. The third-order valence-corrected chi connectivity index (χ3v) is 2.11. The normalized spacial score (nSPS) is 33.1. The zero-order valence-corrected chi connectivity index (χ0v) is 6.33. The molecule has 3 unspecified atom stereocenters. The summed E-state index contributed by atoms with van der Waals surface area (Å²) >= 11 is 0. The van der Waals surface area contributed by atoms with Crippen molar-refractivity contribution < 1.29 is 9.53 Å². The summed E-state index contributed by atoms with van der Waals surface area (Å²) in [5, 5.41) is 0. The van der Waals surface area contributed by atoms with Crippen LogP contribution in [0.5, 0.6) is 0 Å². The van der Waals surface area contributed by atoms with Crippen molar-refractivity contribution in [1.29, 1.82) is 0 Å². The summed E-state index contributed by atoms with van der Waals surface area (Å²) in [6.45, 7) is 2.09. The van der Waals surface area contributed by atoms with E-state index in [4.69, 9.17) is 5.73 Å². The lowest BCUT2D eigenvalue weighted by atomic mass is 10.2. The molecule has 0 aromatic rings. The Morgan fingerprint density at radius 3 is 2.60 bits per heavy atom. The zero-order chi connectivity index (χ0) is 7.72. The lowest BCUT2D eigenvalue weighted by Gasteiger charge is -2.06. The van der Waals surface area contributed by atoms with Crippen molar-refractivity contribution >= 4 is 5.97 Å². The highest BCUT2D eigenvalue weighted by Crippen LogP contribution is 2.39. The van der Waals surface area contributed by atoms with Crippen LogP contribution in [-0.4, -0.2) is 19.1 Å². The molecule has 0 spiro atoms. The zero-order valence-electron chi connectivity index (χ0n) is 6.33. The second-order valence-electron chi connectivity index (χ2n) is 2.93. The number of ether oxygens (including phenoxy) is 1. The Labute approximate surface area is 60.5 Å². The number of esters is 1. The van der Waals surface area contributed by atoms with E-state index >= 15 is 0 Å². The van der Waals surface area contributed by atoms with E-state index in [-0.39, 0.29) is 12.0 Å². The van der Waals surface area contributed by atoms with Gasteiger partial charge in [0.1, 0.15) is 6.04 Å². The van der Waals surface area contributed by atoms with Crippen LogP contribution in [0.3, 0.4) is 0 Å². The predicted molar refractivity (Wildman–Crippen MR) is 37.3 cm³/mol. The molecule has 0 bridgehead atoms. The Hall–Kier alpha value is -0.570. The first-order chi connectivity index (χ1) is 4.66. The Kier molecular flexibility index (Phi) is 1.94. The van der Waals surface area contributed by atoms with Gasteiger partial charge in [0.05, 0.1) is 7.11 Å². The minimum Gasteiger partial charge on any atom is -0.468 e. The minimum absolute atomic E-state index is 0.283. The molecule has 3 heteroatoms. The van der Waals surface area contributed by atoms with Crippen molar-refractivity contribution in [3.05, 3.63) is 0 Å². The highest BCUT2D eigenvalue weighted by atomic mass is 16.5. The second kappa shape index (κ2) is 2.58. The molecule has 3 atom stereocenters. The van der Waals surface area contributed by atoms with E-state index in [0.717, 1.165) is 6.42 Å². The molecule has 0 aromatic heterocycles. The summed E-state index contributed by atoms with van der Waals surface area (Å²) < 4.78 is 4.50. The first kappa shape index (κ1) is 7.54. The van der Waals surface area contributed by atoms with Crippen LogP contribution in [0.4, 0.5) is 0 Å². The van der Waals surface area contributed by atoms with Crippen molar-refractivity contribution in [3.8, 4) is 0 Å². The number of hydrogen-bond acceptors (Lipinski definition) is 3. The molecule has 1 fully saturated rings. The van der Waals surface area contributed by atoms with Crippen LogP contribution >= 0.6 is 0 Å². The number of carbonyl (C=O) groups is 1. The van der Waals surface area contributed by atoms with E-state index in [1.54, 1.807) is 0 Å². The van der Waals surface area contributed by atoms with Crippen molar-refractivity contribution in [2.24, 2.45) is 17.6 Å². The Morgan fingerprint density at radius 1 is 1.80 bits per heavy atom. The third-order valence-electron chi connectivity index (χ3n) is 2.11. The van der Waals surface area contributed by atoms with Crippen LogP contribution in [0, 0.1) is 11.8 Å². The quantitative estimate of drug-likeness (QED) is 0.559. The predicted octanol–water partition coefficient (Wildman–Crippen LogP) is 0.143. The number of carbonyl (C=O) groups excluding carboxylic acids is 1. The fraction of sp³-hybridized carbons (Fsp3) is 0.857. The molecule has 0 aromatic carbocycles. The van der Waals surface area contributed by atoms with E-state index in [9.17, 15) is 4.79 Å². The van der Waals surface area contributed by atoms with Gasteiger partial charge in [-0.1, -0.05) is 6.92 Å². The lowest BCUT2D eigenvalue weighted by Crippen LogP contribution is -2.34. The molecule has 1 aliphatic carbocycles. The van der Waals surface area contributed by atoms with Gasteiger partial charge in [-0.05, 0) is 18.3 Å². The molecule has 58 valence electrons. The van der Waals surface area contributed by atoms with Gasteiger partial charge in [0.25, 0.3) is 0 Å². The van der Waals surface area contributed by atoms with E-state index in [1.165, 1.54) is 7.11 Å². The SMILES string of the molecule is COC(=O)C(N)C1CC1C. The van der Waals surface area contributed by atoms with E-state index < -0.39 is 0 Å². The van der Waals surface area contributed by atoms with Gasteiger partial charge in [0.2, 0.25) is 0 Å². The van der Waals surface area contributed by atoms with Crippen molar-refractivity contribution in [1.82, 2.24) is 0 Å². The summed E-state index contributed by atoms with van der Waals surface area (Å²) in [6, 6.07) is -0.389. The van der Waals surface area contributed by atoms with E-state index in [1.807, 2.05) is 0 Å². The molecule has 3 nitrogen and oxygen atoms in total. The van der Waals surface area contributed by atoms with E-state index in [2.05, 4.69) is 11.7 Å². The van der Waals surface area contributed by atoms with Crippen LogP contribution in [0.15, 0.2) is 0 Å². The summed E-state index contributed by atoms with van der Waals surface area (Å²) in [5.74, 6) is 0.691. The van der Waals surface area contributed by atoms with Crippen LogP contribution in [0.1, 0.15) is 13.3 Å². The van der Waals surface area contributed by atoms with Gasteiger partial charge in [-0.15, -0.1) is 0 Å². The van der Waals surface area contributed by atoms with Crippen LogP contribution < -0.4 is 5.73 Å². The third kappa shape index (κ3) is 1.29. The van der Waals surface area contributed by atoms with Crippen LogP contribution in [0.25, 0.3) is 0 Å². The first-order valence-corrected chi connectivity index (χ1v) is 3.50. The lowest BCUT2D eigenvalue weighted by molar-refractivity contribution is -0.142. The molecule has 0 aliphatic heterocycles. The Morgan fingerprint density at radius 2 is 2.30 bits per heavy atom. The number of nitrogens with two attached hydrogens (primary N) is 1. The van der Waals surface area contributed by atoms with Gasteiger partial charge in [0, 0.05) is 0 Å². The van der Waals surface area contributed by atoms with Gasteiger partial charge in [-0.25, -0.2) is 0 Å². The van der Waals surface area contributed by atoms with Gasteiger partial charge in [0.15, 0.2) is 0 Å². The van der Waals surface area contributed by atoms with Gasteiger partial charge in [-0.3, -0.25) is 4.79 Å². The second-order valence-corrected chi connectivity index (χ2v) is 2.93. The maximum atomic E-state index is 10.8. The number of rotatable bonds is 2. The molecule has 10 heavy (non-hydrogen) atoms. The standard InChI is InChI=1S/C7H13NO2/c1-4-3-5(4)6(8)7(9)10-2/h4-6H,3,8H2,1-2H3. The Balaban J connectivity index is 2.34. The first-order valence-electron chi connectivity index (χ1n) is 3.50. The molecule has 0 amide bonds. The molecular formula is C7H13NO2. The van der Waals surface area contributed by atoms with Crippen molar-refractivity contribution in [2.75, 3.05) is 7.11 Å². The summed E-state index contributed by atoms with van der Waals surface area (Å²) in [6.07, 6.45) is 1.07. The smallest absolute Gasteiger partial charge is 0.322 e. The van der Waals surface area contributed by atoms with Gasteiger partial charge >= 0.3 is 5.97 Å². The minimum atomic E-state index is -0.389. The number of hydrogen-bond donors (Lipinski definition) is 1. The molecule has 1 rings (SSSR count). The largest absolute Gasteiger partial charge is 0.468 e. The van der Waals surface area contributed by atoms with Gasteiger partial charge < -0.3 is 10.5 Å². The molecule has 1 saturated carbocycles. The monoisotopic (exact) mass is 143 g/mol. The van der Waals surface area contributed by atoms with Crippen molar-refractivity contribution in [3.63, 3.8) is 0 Å². The molecule has 1 aliphatic rings. The average Bonchev–Trinajstić information content (AvgIpc) is 2.63. The molecule has 2 N–H and O–H groups in total. The topological polar surface area (TPSA) is 52.3 Å². The fourth-order valence-electron chi connectivity index (χ4n) is 1.16. The van der Waals surface area contributed by atoms with Crippen LogP contribution in [0.2, 0.25) is 0 Å². The fourth-order valence-corrected chi connectivity index (χ4v) is 1.16. The summed E-state index contributed by atoms with van der Waals surface area (Å²) in [5.41, 5.74) is 5.55. The number of methoxy groups -OCH3 is 1. The maximum absolute atomic E-state index is 10.8. The molecular weight excluding hydrogens is 130 g/mol. The Bertz CT molecular complexity index is 147. The maximum Gasteiger partial charge on any atom is 0.322 e. The van der Waals surface area contributed by atoms with Gasteiger partial charge in [-0.2, -0.15) is 0 Å². The van der Waals surface area contributed by atoms with Crippen molar-refractivity contribution in [2.45, 2.75) is 19.4 Å². The summed E-state index contributed by atoms with van der Waals surface area (Å²) in [7, 11) is 1.37. The average molecular weight is 143 g/mol. The molecule has 0 saturated heterocycles. The highest BCUT2D eigenvalue weighted by Gasteiger charge is 2.41. The summed E-state index contributed by atoms with van der Waals surface area (Å²) in [4.78, 5) is 10.8. The van der Waals surface area contributed by atoms with Crippen LogP contribution in [-0.2, 0) is 9.53 Å². The highest BCUT2D eigenvalue weighted by molar-refractivity contribution is 5.76.